The Morgan fingerprint density at radius 3 is 2.72 bits per heavy atom. The summed E-state index contributed by atoms with van der Waals surface area (Å²) in [6, 6.07) is 9.91. The second-order valence-electron chi connectivity index (χ2n) is 7.97. The van der Waals surface area contributed by atoms with Gasteiger partial charge in [0, 0.05) is 25.2 Å². The van der Waals surface area contributed by atoms with E-state index in [0.717, 1.165) is 46.5 Å². The fourth-order valence-electron chi connectivity index (χ4n) is 4.27. The zero-order valence-electron chi connectivity index (χ0n) is 17.3. The van der Waals surface area contributed by atoms with Crippen LogP contribution in [0.2, 0.25) is 5.02 Å². The lowest BCUT2D eigenvalue weighted by Crippen LogP contribution is -2.58. The number of nitrogens with zero attached hydrogens (tertiary/aromatic N) is 4. The molecule has 6 nitrogen and oxygen atoms in total. The van der Waals surface area contributed by atoms with Crippen LogP contribution in [0.5, 0.6) is 0 Å². The van der Waals surface area contributed by atoms with Crippen LogP contribution in [0.1, 0.15) is 37.7 Å². The van der Waals surface area contributed by atoms with E-state index >= 15 is 0 Å². The Hall–Kier alpha value is -2.31. The summed E-state index contributed by atoms with van der Waals surface area (Å²) < 4.78 is 0. The maximum Gasteiger partial charge on any atom is 0.156 e. The third-order valence-electron chi connectivity index (χ3n) is 5.73. The van der Waals surface area contributed by atoms with E-state index in [4.69, 9.17) is 21.4 Å². The van der Waals surface area contributed by atoms with Gasteiger partial charge in [-0.15, -0.1) is 0 Å². The van der Waals surface area contributed by atoms with Crippen LogP contribution >= 0.6 is 11.6 Å². The van der Waals surface area contributed by atoms with Gasteiger partial charge in [-0.2, -0.15) is 0 Å². The van der Waals surface area contributed by atoms with Crippen LogP contribution in [0.25, 0.3) is 0 Å². The Bertz CT molecular complexity index is 908. The van der Waals surface area contributed by atoms with Crippen molar-refractivity contribution in [3.8, 4) is 0 Å². The van der Waals surface area contributed by atoms with Crippen LogP contribution in [0.4, 0.5) is 17.2 Å². The number of halogens is 1. The third-order valence-corrected chi connectivity index (χ3v) is 5.96. The van der Waals surface area contributed by atoms with E-state index in [1.807, 2.05) is 54.5 Å². The van der Waals surface area contributed by atoms with Crippen molar-refractivity contribution in [1.29, 1.82) is 0 Å². The third kappa shape index (κ3) is 3.91. The molecule has 4 rings (SSSR count). The van der Waals surface area contributed by atoms with Crippen molar-refractivity contribution in [2.75, 3.05) is 36.5 Å². The van der Waals surface area contributed by atoms with E-state index in [2.05, 4.69) is 16.4 Å². The zero-order chi connectivity index (χ0) is 20.4. The number of nitrogens with one attached hydrogen (secondary N) is 1. The molecule has 29 heavy (non-hydrogen) atoms. The summed E-state index contributed by atoms with van der Waals surface area (Å²) >= 11 is 6.17. The Kier molecular flexibility index (Phi) is 5.65. The molecule has 1 N–H and O–H groups in total. The maximum atomic E-state index is 6.17. The van der Waals surface area contributed by atoms with Gasteiger partial charge < -0.3 is 10.2 Å². The summed E-state index contributed by atoms with van der Waals surface area (Å²) in [7, 11) is 5.67. The first-order chi connectivity index (χ1) is 14.0. The minimum Gasteiger partial charge on any atom is -0.370 e. The fourth-order valence-corrected chi connectivity index (χ4v) is 4.48. The predicted molar refractivity (Wildman–Crippen MR) is 120 cm³/mol. The minimum atomic E-state index is -0.235. The molecule has 1 fully saturated rings. The van der Waals surface area contributed by atoms with E-state index in [-0.39, 0.29) is 5.54 Å². The number of hydroxylamine groups is 1. The number of hydrogen-bond donors (Lipinski definition) is 1. The highest BCUT2D eigenvalue weighted by molar-refractivity contribution is 6.30. The molecule has 2 aliphatic rings. The largest absolute Gasteiger partial charge is 0.370 e. The molecule has 0 amide bonds. The summed E-state index contributed by atoms with van der Waals surface area (Å²) in [6.07, 6.45) is 7.54. The molecular formula is C22H28ClN5O. The smallest absolute Gasteiger partial charge is 0.156 e. The van der Waals surface area contributed by atoms with Gasteiger partial charge in [-0.25, -0.2) is 10.0 Å². The Balaban J connectivity index is 1.78. The molecule has 154 valence electrons. The van der Waals surface area contributed by atoms with Crippen LogP contribution < -0.4 is 15.3 Å². The highest BCUT2D eigenvalue weighted by Gasteiger charge is 2.45. The van der Waals surface area contributed by atoms with E-state index in [9.17, 15) is 0 Å². The standard InChI is InChI=1S/C22H28ClN5O/c1-27(2)20-13-19-18(15-24-20)26-22(10-5-4-6-11-22)21(28(19)29-3)25-14-16-8-7-9-17(23)12-16/h7-9,12-13,15,26H,4-6,10-11,14H2,1-3H3/b25-21+. The van der Waals surface area contributed by atoms with Gasteiger partial charge in [0.1, 0.15) is 5.82 Å². The summed E-state index contributed by atoms with van der Waals surface area (Å²) in [5.41, 5.74) is 2.77. The van der Waals surface area contributed by atoms with Gasteiger partial charge in [0.2, 0.25) is 0 Å². The van der Waals surface area contributed by atoms with E-state index < -0.39 is 0 Å². The lowest BCUT2D eigenvalue weighted by atomic mass is 9.79. The van der Waals surface area contributed by atoms with Crippen molar-refractivity contribution < 1.29 is 4.84 Å². The van der Waals surface area contributed by atoms with Gasteiger partial charge in [0.15, 0.2) is 5.84 Å². The highest BCUT2D eigenvalue weighted by Crippen LogP contribution is 2.43. The topological polar surface area (TPSA) is 53.0 Å². The molecule has 1 saturated carbocycles. The van der Waals surface area contributed by atoms with Crippen LogP contribution in [-0.4, -0.2) is 37.6 Å². The van der Waals surface area contributed by atoms with Crippen LogP contribution in [-0.2, 0) is 11.4 Å². The zero-order valence-corrected chi connectivity index (χ0v) is 18.0. The van der Waals surface area contributed by atoms with Crippen molar-refractivity contribution in [3.05, 3.63) is 47.1 Å². The number of hydrogen-bond acceptors (Lipinski definition) is 5. The minimum absolute atomic E-state index is 0.235. The maximum absolute atomic E-state index is 6.17. The number of benzene rings is 1. The molecule has 0 unspecified atom stereocenters. The van der Waals surface area contributed by atoms with Crippen LogP contribution in [0.15, 0.2) is 41.5 Å². The van der Waals surface area contributed by atoms with E-state index in [0.29, 0.717) is 6.54 Å². The van der Waals surface area contributed by atoms with E-state index in [1.54, 1.807) is 7.11 Å². The van der Waals surface area contributed by atoms with Gasteiger partial charge in [-0.05, 0) is 30.5 Å². The van der Waals surface area contributed by atoms with Crippen molar-refractivity contribution >= 4 is 34.6 Å². The Morgan fingerprint density at radius 1 is 1.24 bits per heavy atom. The van der Waals surface area contributed by atoms with Crippen molar-refractivity contribution in [1.82, 2.24) is 4.98 Å². The normalized spacial score (nSPS) is 19.2. The first-order valence-electron chi connectivity index (χ1n) is 10.1. The molecule has 0 radical (unpaired) electrons. The fraction of sp³-hybridized carbons (Fsp3) is 0.455. The Morgan fingerprint density at radius 2 is 2.03 bits per heavy atom. The number of aromatic nitrogens is 1. The number of fused-ring (bicyclic) bond motifs is 1. The van der Waals surface area contributed by atoms with Gasteiger partial charge in [-0.1, -0.05) is 43.0 Å². The van der Waals surface area contributed by atoms with Gasteiger partial charge in [0.25, 0.3) is 0 Å². The quantitative estimate of drug-likeness (QED) is 0.772. The van der Waals surface area contributed by atoms with Crippen molar-refractivity contribution in [2.24, 2.45) is 4.99 Å². The summed E-state index contributed by atoms with van der Waals surface area (Å²) in [5, 5.41) is 6.40. The molecule has 1 aromatic heterocycles. The second-order valence-corrected chi connectivity index (χ2v) is 8.40. The molecule has 1 spiro atoms. The Labute approximate surface area is 177 Å². The SMILES string of the molecule is CON1/C(=N/Cc2cccc(Cl)c2)C2(CCCCC2)Nc2cnc(N(C)C)cc21. The van der Waals surface area contributed by atoms with E-state index in [1.165, 1.54) is 19.3 Å². The number of rotatable bonds is 4. The van der Waals surface area contributed by atoms with Gasteiger partial charge >= 0.3 is 0 Å². The predicted octanol–water partition coefficient (Wildman–Crippen LogP) is 4.90. The molecule has 0 saturated heterocycles. The monoisotopic (exact) mass is 413 g/mol. The molecule has 2 heterocycles. The van der Waals surface area contributed by atoms with Crippen LogP contribution in [0, 0.1) is 0 Å². The molecule has 7 heteroatoms. The molecule has 1 aliphatic heterocycles. The summed E-state index contributed by atoms with van der Waals surface area (Å²) in [4.78, 5) is 17.5. The van der Waals surface area contributed by atoms with Crippen molar-refractivity contribution in [2.45, 2.75) is 44.2 Å². The number of anilines is 3. The highest BCUT2D eigenvalue weighted by atomic mass is 35.5. The number of amidine groups is 1. The van der Waals surface area contributed by atoms with Crippen molar-refractivity contribution in [3.63, 3.8) is 0 Å². The molecule has 0 atom stereocenters. The molecular weight excluding hydrogens is 386 g/mol. The molecule has 2 aromatic rings. The lowest BCUT2D eigenvalue weighted by Gasteiger charge is -2.47. The van der Waals surface area contributed by atoms with Gasteiger partial charge in [0.05, 0.1) is 36.8 Å². The number of pyridine rings is 1. The lowest BCUT2D eigenvalue weighted by molar-refractivity contribution is 0.199. The average molecular weight is 414 g/mol. The first kappa shape index (κ1) is 20.0. The summed E-state index contributed by atoms with van der Waals surface area (Å²) in [6.45, 7) is 0.556. The van der Waals surface area contributed by atoms with Gasteiger partial charge in [-0.3, -0.25) is 9.83 Å². The van der Waals surface area contributed by atoms with Crippen LogP contribution in [0.3, 0.4) is 0 Å². The second kappa shape index (κ2) is 8.20. The first-order valence-corrected chi connectivity index (χ1v) is 10.5. The average Bonchev–Trinajstić information content (AvgIpc) is 2.72. The number of aliphatic imine (C=N–C) groups is 1. The summed E-state index contributed by atoms with van der Waals surface area (Å²) in [5.74, 6) is 1.81. The molecule has 1 aromatic carbocycles. The molecule has 1 aliphatic carbocycles. The molecule has 0 bridgehead atoms.